The fourth-order valence-corrected chi connectivity index (χ4v) is 1.93. The van der Waals surface area contributed by atoms with Crippen molar-refractivity contribution in [2.45, 2.75) is 25.5 Å². The molecule has 1 rings (SSSR count). The van der Waals surface area contributed by atoms with Crippen LogP contribution in [0.2, 0.25) is 0 Å². The summed E-state index contributed by atoms with van der Waals surface area (Å²) < 4.78 is 0.816. The Kier molecular flexibility index (Phi) is 6.13. The van der Waals surface area contributed by atoms with Gasteiger partial charge in [-0.15, -0.1) is 0 Å². The Morgan fingerprint density at radius 3 is 2.79 bits per heavy atom. The Balaban J connectivity index is 2.83. The van der Waals surface area contributed by atoms with Gasteiger partial charge >= 0.3 is 0 Å². The second-order valence-corrected chi connectivity index (χ2v) is 7.16. The van der Waals surface area contributed by atoms with Gasteiger partial charge in [0.05, 0.1) is 5.56 Å². The second kappa shape index (κ2) is 7.14. The maximum Gasteiger partial charge on any atom is 0.255 e. The van der Waals surface area contributed by atoms with Gasteiger partial charge in [0.1, 0.15) is 5.82 Å². The van der Waals surface area contributed by atoms with Crippen LogP contribution in [0.25, 0.3) is 0 Å². The number of hydrogen-bond donors (Lipinski definition) is 2. The molecule has 19 heavy (non-hydrogen) atoms. The molecular formula is C13H20BrN3OS. The van der Waals surface area contributed by atoms with Gasteiger partial charge in [-0.25, -0.2) is 4.98 Å². The van der Waals surface area contributed by atoms with Gasteiger partial charge in [0.25, 0.3) is 5.91 Å². The normalized spacial score (nSPS) is 11.2. The molecule has 1 heterocycles. The van der Waals surface area contributed by atoms with Gasteiger partial charge in [0.2, 0.25) is 0 Å². The number of anilines is 1. The predicted molar refractivity (Wildman–Crippen MR) is 86.0 cm³/mol. The Morgan fingerprint density at radius 2 is 2.21 bits per heavy atom. The smallest absolute Gasteiger partial charge is 0.255 e. The molecule has 0 fully saturated rings. The van der Waals surface area contributed by atoms with Crippen LogP contribution in [-0.4, -0.2) is 35.0 Å². The lowest BCUT2D eigenvalue weighted by Crippen LogP contribution is -2.36. The molecule has 6 heteroatoms. The average molecular weight is 346 g/mol. The number of hydrogen-bond acceptors (Lipinski definition) is 4. The summed E-state index contributed by atoms with van der Waals surface area (Å²) in [5.41, 5.74) is 0.563. The maximum absolute atomic E-state index is 12.2. The van der Waals surface area contributed by atoms with Gasteiger partial charge < -0.3 is 10.6 Å². The van der Waals surface area contributed by atoms with E-state index in [4.69, 9.17) is 0 Å². The number of pyridine rings is 1. The van der Waals surface area contributed by atoms with Crippen molar-refractivity contribution < 1.29 is 4.79 Å². The Bertz CT molecular complexity index is 452. The third kappa shape index (κ3) is 5.03. The number of carbonyl (C=O) groups is 1. The number of halogens is 1. The van der Waals surface area contributed by atoms with Crippen molar-refractivity contribution >= 4 is 39.4 Å². The Morgan fingerprint density at radius 1 is 1.53 bits per heavy atom. The summed E-state index contributed by atoms with van der Waals surface area (Å²) in [7, 11) is 0. The monoisotopic (exact) mass is 345 g/mol. The van der Waals surface area contributed by atoms with Crippen LogP contribution in [-0.2, 0) is 0 Å². The highest BCUT2D eigenvalue weighted by molar-refractivity contribution is 9.10. The molecule has 106 valence electrons. The van der Waals surface area contributed by atoms with E-state index < -0.39 is 0 Å². The molecule has 1 aromatic rings. The summed E-state index contributed by atoms with van der Waals surface area (Å²) in [6.45, 7) is 7.52. The van der Waals surface area contributed by atoms with Crippen LogP contribution < -0.4 is 10.6 Å². The first-order valence-electron chi connectivity index (χ1n) is 6.12. The lowest BCUT2D eigenvalue weighted by molar-refractivity contribution is 0.0951. The lowest BCUT2D eigenvalue weighted by atomic mass is 10.2. The molecule has 0 saturated heterocycles. The van der Waals surface area contributed by atoms with Gasteiger partial charge in [0, 0.05) is 28.5 Å². The van der Waals surface area contributed by atoms with E-state index in [1.165, 1.54) is 0 Å². The Hall–Kier alpha value is -0.750. The van der Waals surface area contributed by atoms with Crippen molar-refractivity contribution in [2.24, 2.45) is 0 Å². The van der Waals surface area contributed by atoms with E-state index in [9.17, 15) is 4.79 Å². The molecule has 0 unspecified atom stereocenters. The molecule has 0 aliphatic rings. The van der Waals surface area contributed by atoms with E-state index in [2.05, 4.69) is 45.4 Å². The van der Waals surface area contributed by atoms with Crippen molar-refractivity contribution in [1.29, 1.82) is 0 Å². The first-order chi connectivity index (χ1) is 8.89. The Labute approximate surface area is 127 Å². The van der Waals surface area contributed by atoms with Crippen molar-refractivity contribution in [3.05, 3.63) is 22.3 Å². The molecule has 0 atom stereocenters. The standard InChI is InChI=1S/C13H20BrN3OS/c1-5-15-11-10(6-9(14)7-16-11)12(18)17-8-13(2,3)19-4/h6-7H,5,8H2,1-4H3,(H,15,16)(H,17,18). The first kappa shape index (κ1) is 16.3. The first-order valence-corrected chi connectivity index (χ1v) is 8.14. The van der Waals surface area contributed by atoms with Crippen LogP contribution in [0.3, 0.4) is 0 Å². The van der Waals surface area contributed by atoms with Crippen LogP contribution in [0.15, 0.2) is 16.7 Å². The fraction of sp³-hybridized carbons (Fsp3) is 0.538. The number of carbonyl (C=O) groups excluding carboxylic acids is 1. The van der Waals surface area contributed by atoms with Crippen molar-refractivity contribution in [2.75, 3.05) is 24.7 Å². The highest BCUT2D eigenvalue weighted by atomic mass is 79.9. The zero-order valence-corrected chi connectivity index (χ0v) is 14.1. The summed E-state index contributed by atoms with van der Waals surface area (Å²) in [5.74, 6) is 0.511. The highest BCUT2D eigenvalue weighted by Crippen LogP contribution is 2.21. The summed E-state index contributed by atoms with van der Waals surface area (Å²) in [4.78, 5) is 16.5. The number of nitrogens with one attached hydrogen (secondary N) is 2. The summed E-state index contributed by atoms with van der Waals surface area (Å²) in [6.07, 6.45) is 3.72. The molecule has 0 aliphatic heterocycles. The topological polar surface area (TPSA) is 54.0 Å². The van der Waals surface area contributed by atoms with Crippen LogP contribution in [0.4, 0.5) is 5.82 Å². The third-order valence-corrected chi connectivity index (χ3v) is 4.35. The van der Waals surface area contributed by atoms with Crippen molar-refractivity contribution in [3.8, 4) is 0 Å². The minimum Gasteiger partial charge on any atom is -0.370 e. The third-order valence-electron chi connectivity index (χ3n) is 2.67. The molecule has 1 aromatic heterocycles. The van der Waals surface area contributed by atoms with Crippen LogP contribution >= 0.6 is 27.7 Å². The number of nitrogens with zero attached hydrogens (tertiary/aromatic N) is 1. The SMILES string of the molecule is CCNc1ncc(Br)cc1C(=O)NCC(C)(C)SC. The molecule has 0 spiro atoms. The molecule has 0 saturated carbocycles. The van der Waals surface area contributed by atoms with Gasteiger partial charge in [-0.3, -0.25) is 4.79 Å². The van der Waals surface area contributed by atoms with Gasteiger partial charge in [-0.05, 0) is 49.0 Å². The zero-order chi connectivity index (χ0) is 14.5. The molecule has 0 aromatic carbocycles. The number of rotatable bonds is 6. The quantitative estimate of drug-likeness (QED) is 0.831. The minimum absolute atomic E-state index is 0.0213. The van der Waals surface area contributed by atoms with E-state index >= 15 is 0 Å². The fourth-order valence-electron chi connectivity index (χ4n) is 1.38. The average Bonchev–Trinajstić information content (AvgIpc) is 2.38. The van der Waals surface area contributed by atoms with Crippen molar-refractivity contribution in [1.82, 2.24) is 10.3 Å². The number of amides is 1. The van der Waals surface area contributed by atoms with E-state index in [0.29, 0.717) is 17.9 Å². The molecule has 0 bridgehead atoms. The summed E-state index contributed by atoms with van der Waals surface area (Å²) >= 11 is 5.07. The van der Waals surface area contributed by atoms with Gasteiger partial charge in [-0.2, -0.15) is 11.8 Å². The zero-order valence-electron chi connectivity index (χ0n) is 11.7. The predicted octanol–water partition coefficient (Wildman–Crippen LogP) is 3.15. The minimum atomic E-state index is -0.105. The summed E-state index contributed by atoms with van der Waals surface area (Å²) in [5, 5.41) is 6.05. The molecular weight excluding hydrogens is 326 g/mol. The lowest BCUT2D eigenvalue weighted by Gasteiger charge is -2.22. The van der Waals surface area contributed by atoms with Crippen LogP contribution in [0, 0.1) is 0 Å². The number of aromatic nitrogens is 1. The van der Waals surface area contributed by atoms with Crippen LogP contribution in [0.1, 0.15) is 31.1 Å². The van der Waals surface area contributed by atoms with Gasteiger partial charge in [0.15, 0.2) is 0 Å². The largest absolute Gasteiger partial charge is 0.370 e. The van der Waals surface area contributed by atoms with Crippen molar-refractivity contribution in [3.63, 3.8) is 0 Å². The highest BCUT2D eigenvalue weighted by Gasteiger charge is 2.19. The number of thioether (sulfide) groups is 1. The van der Waals surface area contributed by atoms with E-state index in [1.54, 1.807) is 24.0 Å². The van der Waals surface area contributed by atoms with E-state index in [-0.39, 0.29) is 10.7 Å². The molecule has 0 radical (unpaired) electrons. The molecule has 4 nitrogen and oxygen atoms in total. The molecule has 2 N–H and O–H groups in total. The maximum atomic E-state index is 12.2. The summed E-state index contributed by atoms with van der Waals surface area (Å²) in [6, 6.07) is 1.78. The van der Waals surface area contributed by atoms with E-state index in [1.807, 2.05) is 13.2 Å². The molecule has 0 aliphatic carbocycles. The van der Waals surface area contributed by atoms with E-state index in [0.717, 1.165) is 11.0 Å². The van der Waals surface area contributed by atoms with Crippen LogP contribution in [0.5, 0.6) is 0 Å². The second-order valence-electron chi connectivity index (χ2n) is 4.73. The van der Waals surface area contributed by atoms with Gasteiger partial charge in [-0.1, -0.05) is 0 Å². The molecule has 1 amide bonds.